The number of halogens is 2. The Morgan fingerprint density at radius 2 is 2.11 bits per heavy atom. The van der Waals surface area contributed by atoms with Gasteiger partial charge in [0.1, 0.15) is 5.82 Å². The third kappa shape index (κ3) is 4.50. The molecule has 1 aliphatic rings. The van der Waals surface area contributed by atoms with Crippen molar-refractivity contribution in [2.45, 2.75) is 19.0 Å². The minimum absolute atomic E-state index is 0. The van der Waals surface area contributed by atoms with E-state index in [4.69, 9.17) is 0 Å². The summed E-state index contributed by atoms with van der Waals surface area (Å²) in [7, 11) is 0. The second kappa shape index (κ2) is 7.18. The van der Waals surface area contributed by atoms with Crippen LogP contribution in [0.1, 0.15) is 12.0 Å². The van der Waals surface area contributed by atoms with E-state index < -0.39 is 0 Å². The minimum Gasteiger partial charge on any atom is -0.334 e. The summed E-state index contributed by atoms with van der Waals surface area (Å²) in [5.41, 5.74) is 0.881. The van der Waals surface area contributed by atoms with Crippen molar-refractivity contribution in [1.29, 1.82) is 0 Å². The summed E-state index contributed by atoms with van der Waals surface area (Å²) < 4.78 is 12.6. The van der Waals surface area contributed by atoms with Gasteiger partial charge in [0.05, 0.1) is 0 Å². The van der Waals surface area contributed by atoms with E-state index in [9.17, 15) is 9.18 Å². The summed E-state index contributed by atoms with van der Waals surface area (Å²) in [6.45, 7) is 2.18. The number of hydrogen-bond donors (Lipinski definition) is 3. The lowest BCUT2D eigenvalue weighted by molar-refractivity contribution is 0.237. The van der Waals surface area contributed by atoms with Gasteiger partial charge < -0.3 is 16.0 Å². The molecule has 0 spiro atoms. The lowest BCUT2D eigenvalue weighted by Gasteiger charge is -2.12. The Bertz CT molecular complexity index is 379. The van der Waals surface area contributed by atoms with Crippen molar-refractivity contribution in [3.63, 3.8) is 0 Å². The van der Waals surface area contributed by atoms with E-state index in [0.717, 1.165) is 25.1 Å². The zero-order valence-electron chi connectivity index (χ0n) is 9.91. The van der Waals surface area contributed by atoms with Gasteiger partial charge in [-0.05, 0) is 30.7 Å². The second-order valence-corrected chi connectivity index (χ2v) is 4.14. The van der Waals surface area contributed by atoms with Crippen molar-refractivity contribution in [2.24, 2.45) is 0 Å². The van der Waals surface area contributed by atoms with Crippen LogP contribution in [-0.2, 0) is 6.54 Å². The molecule has 1 aromatic rings. The zero-order valence-corrected chi connectivity index (χ0v) is 10.7. The summed E-state index contributed by atoms with van der Waals surface area (Å²) in [6, 6.07) is 6.12. The number of carbonyl (C=O) groups excluding carboxylic acids is 1. The van der Waals surface area contributed by atoms with Gasteiger partial charge in [-0.3, -0.25) is 0 Å². The van der Waals surface area contributed by atoms with Crippen molar-refractivity contribution in [2.75, 3.05) is 13.1 Å². The van der Waals surface area contributed by atoms with Gasteiger partial charge in [-0.25, -0.2) is 9.18 Å². The molecule has 1 atom stereocenters. The predicted octanol–water partition coefficient (Wildman–Crippen LogP) is 1.41. The summed E-state index contributed by atoms with van der Waals surface area (Å²) in [5, 5.41) is 8.79. The highest BCUT2D eigenvalue weighted by Crippen LogP contribution is 2.02. The summed E-state index contributed by atoms with van der Waals surface area (Å²) in [6.07, 6.45) is 0.962. The fourth-order valence-corrected chi connectivity index (χ4v) is 1.80. The molecule has 0 radical (unpaired) electrons. The first-order valence-electron chi connectivity index (χ1n) is 5.73. The fourth-order valence-electron chi connectivity index (χ4n) is 1.80. The Labute approximate surface area is 112 Å². The molecule has 0 unspecified atom stereocenters. The van der Waals surface area contributed by atoms with Crippen LogP contribution < -0.4 is 16.0 Å². The largest absolute Gasteiger partial charge is 0.334 e. The van der Waals surface area contributed by atoms with Gasteiger partial charge in [-0.2, -0.15) is 0 Å². The number of benzene rings is 1. The summed E-state index contributed by atoms with van der Waals surface area (Å²) in [5.74, 6) is -0.268. The topological polar surface area (TPSA) is 53.2 Å². The van der Waals surface area contributed by atoms with Crippen molar-refractivity contribution in [3.05, 3.63) is 35.6 Å². The maximum atomic E-state index is 12.6. The molecule has 1 saturated heterocycles. The molecule has 2 rings (SSSR count). The van der Waals surface area contributed by atoms with Crippen molar-refractivity contribution < 1.29 is 9.18 Å². The normalized spacial score (nSPS) is 17.9. The number of nitrogens with one attached hydrogen (secondary N) is 3. The van der Waals surface area contributed by atoms with Crippen LogP contribution in [0, 0.1) is 5.82 Å². The maximum absolute atomic E-state index is 12.6. The molecule has 2 amide bonds. The van der Waals surface area contributed by atoms with E-state index in [1.54, 1.807) is 12.1 Å². The molecule has 0 saturated carbocycles. The highest BCUT2D eigenvalue weighted by Gasteiger charge is 2.15. The lowest BCUT2D eigenvalue weighted by atomic mass is 10.2. The third-order valence-corrected chi connectivity index (χ3v) is 2.76. The second-order valence-electron chi connectivity index (χ2n) is 4.14. The minimum atomic E-state index is -0.268. The molecule has 0 aliphatic carbocycles. The molecule has 1 heterocycles. The van der Waals surface area contributed by atoms with E-state index in [1.165, 1.54) is 12.1 Å². The Hall–Kier alpha value is -1.33. The number of amides is 2. The van der Waals surface area contributed by atoms with Gasteiger partial charge in [0.15, 0.2) is 0 Å². The highest BCUT2D eigenvalue weighted by atomic mass is 35.5. The molecule has 1 fully saturated rings. The van der Waals surface area contributed by atoms with Crippen LogP contribution in [0.25, 0.3) is 0 Å². The van der Waals surface area contributed by atoms with Crippen molar-refractivity contribution in [3.8, 4) is 0 Å². The number of hydrogen-bond acceptors (Lipinski definition) is 2. The van der Waals surface area contributed by atoms with E-state index in [1.807, 2.05) is 0 Å². The van der Waals surface area contributed by atoms with Gasteiger partial charge in [-0.1, -0.05) is 12.1 Å². The average molecular weight is 274 g/mol. The molecule has 18 heavy (non-hydrogen) atoms. The third-order valence-electron chi connectivity index (χ3n) is 2.76. The highest BCUT2D eigenvalue weighted by molar-refractivity contribution is 5.85. The van der Waals surface area contributed by atoms with Crippen molar-refractivity contribution in [1.82, 2.24) is 16.0 Å². The van der Waals surface area contributed by atoms with Gasteiger partial charge in [0.25, 0.3) is 0 Å². The molecule has 3 N–H and O–H groups in total. The first-order valence-corrected chi connectivity index (χ1v) is 5.73. The summed E-state index contributed by atoms with van der Waals surface area (Å²) in [4.78, 5) is 11.5. The van der Waals surface area contributed by atoms with Gasteiger partial charge in [0, 0.05) is 19.1 Å². The molecule has 4 nitrogen and oxygen atoms in total. The van der Waals surface area contributed by atoms with Gasteiger partial charge in [0.2, 0.25) is 0 Å². The SMILES string of the molecule is Cl.O=C(NCc1ccc(F)cc1)N[C@@H]1CCNC1. The van der Waals surface area contributed by atoms with Gasteiger partial charge >= 0.3 is 6.03 Å². The smallest absolute Gasteiger partial charge is 0.315 e. The number of urea groups is 1. The van der Waals surface area contributed by atoms with Crippen LogP contribution in [0.3, 0.4) is 0 Å². The van der Waals surface area contributed by atoms with E-state index in [2.05, 4.69) is 16.0 Å². The van der Waals surface area contributed by atoms with E-state index in [0.29, 0.717) is 6.54 Å². The van der Waals surface area contributed by atoms with Crippen LogP contribution in [0.5, 0.6) is 0 Å². The Kier molecular flexibility index (Phi) is 5.88. The zero-order chi connectivity index (χ0) is 12.1. The monoisotopic (exact) mass is 273 g/mol. The number of rotatable bonds is 3. The van der Waals surface area contributed by atoms with Crippen LogP contribution in [0.15, 0.2) is 24.3 Å². The Morgan fingerprint density at radius 3 is 2.72 bits per heavy atom. The van der Waals surface area contributed by atoms with Crippen LogP contribution in [0.2, 0.25) is 0 Å². The van der Waals surface area contributed by atoms with Crippen LogP contribution in [-0.4, -0.2) is 25.2 Å². The van der Waals surface area contributed by atoms with Crippen LogP contribution >= 0.6 is 12.4 Å². The molecule has 1 aliphatic heterocycles. The molecular formula is C12H17ClFN3O. The van der Waals surface area contributed by atoms with E-state index in [-0.39, 0.29) is 30.3 Å². The number of carbonyl (C=O) groups is 1. The molecular weight excluding hydrogens is 257 g/mol. The molecule has 6 heteroatoms. The fraction of sp³-hybridized carbons (Fsp3) is 0.417. The van der Waals surface area contributed by atoms with Crippen molar-refractivity contribution >= 4 is 18.4 Å². The first kappa shape index (κ1) is 14.7. The van der Waals surface area contributed by atoms with E-state index >= 15 is 0 Å². The standard InChI is InChI=1S/C12H16FN3O.ClH/c13-10-3-1-9(2-4-10)7-15-12(17)16-11-5-6-14-8-11;/h1-4,11,14H,5-8H2,(H2,15,16,17);1H/t11-;/m1./s1. The molecule has 1 aromatic carbocycles. The molecule has 100 valence electrons. The lowest BCUT2D eigenvalue weighted by Crippen LogP contribution is -2.42. The van der Waals surface area contributed by atoms with Crippen LogP contribution in [0.4, 0.5) is 9.18 Å². The Balaban J connectivity index is 0.00000162. The molecule has 0 bridgehead atoms. The maximum Gasteiger partial charge on any atom is 0.315 e. The Morgan fingerprint density at radius 1 is 1.39 bits per heavy atom. The average Bonchev–Trinajstić information content (AvgIpc) is 2.81. The first-order chi connectivity index (χ1) is 8.24. The molecule has 0 aromatic heterocycles. The quantitative estimate of drug-likeness (QED) is 0.780. The van der Waals surface area contributed by atoms with Gasteiger partial charge in [-0.15, -0.1) is 12.4 Å². The summed E-state index contributed by atoms with van der Waals surface area (Å²) >= 11 is 0. The predicted molar refractivity (Wildman–Crippen MR) is 70.3 cm³/mol.